The monoisotopic (exact) mass is 307 g/mol. The number of hydrogen-bond acceptors (Lipinski definition) is 6. The van der Waals surface area contributed by atoms with Crippen molar-refractivity contribution < 1.29 is 24.0 Å². The lowest BCUT2D eigenvalue weighted by Crippen LogP contribution is -2.08. The van der Waals surface area contributed by atoms with Crippen LogP contribution in [-0.2, 0) is 14.8 Å². The van der Waals surface area contributed by atoms with Crippen molar-refractivity contribution in [3.05, 3.63) is 39.9 Å². The molecule has 1 aromatic carbocycles. The van der Waals surface area contributed by atoms with Crippen LogP contribution in [0.3, 0.4) is 0 Å². The first-order chi connectivity index (χ1) is 8.80. The van der Waals surface area contributed by atoms with Crippen molar-refractivity contribution in [1.29, 1.82) is 0 Å². The van der Waals surface area contributed by atoms with Gasteiger partial charge in [0.2, 0.25) is 0 Å². The molecule has 0 saturated carbocycles. The van der Waals surface area contributed by atoms with Crippen LogP contribution in [0.1, 0.15) is 12.5 Å². The van der Waals surface area contributed by atoms with Gasteiger partial charge in [-0.3, -0.25) is 14.6 Å². The zero-order valence-corrected chi connectivity index (χ0v) is 11.8. The molecule has 9 heteroatoms. The summed E-state index contributed by atoms with van der Waals surface area (Å²) in [6.45, 7) is -2.67. The predicted octanol–water partition coefficient (Wildman–Crippen LogP) is 2.33. The van der Waals surface area contributed by atoms with E-state index in [-0.39, 0.29) is 18.0 Å². The van der Waals surface area contributed by atoms with Gasteiger partial charge in [0.05, 0.1) is 17.6 Å². The van der Waals surface area contributed by atoms with E-state index in [0.29, 0.717) is 16.9 Å². The van der Waals surface area contributed by atoms with Crippen molar-refractivity contribution in [3.8, 4) is 0 Å². The Morgan fingerprint density at radius 3 is 2.84 bits per heavy atom. The lowest BCUT2D eigenvalue weighted by molar-refractivity contribution is -0.384. The highest BCUT2D eigenvalue weighted by Crippen LogP contribution is 2.56. The van der Waals surface area contributed by atoms with Gasteiger partial charge in [0.25, 0.3) is 5.69 Å². The summed E-state index contributed by atoms with van der Waals surface area (Å²) in [5, 5.41) is 19.5. The van der Waals surface area contributed by atoms with Gasteiger partial charge in [-0.2, -0.15) is 0 Å². The van der Waals surface area contributed by atoms with Crippen LogP contribution in [0.25, 0.3) is 0 Å². The molecule has 1 aromatic rings. The standard InChI is InChI=1S/C10H14NO6PS/c1-8(12)6-17-18(15,16)19-7-9-3-2-4-10(5-9)11(13)14/h2-5,8,12H,6-7H2,1H3,(H,15,16). The van der Waals surface area contributed by atoms with Gasteiger partial charge in [0, 0.05) is 17.9 Å². The molecule has 19 heavy (non-hydrogen) atoms. The summed E-state index contributed by atoms with van der Waals surface area (Å²) in [6, 6.07) is 5.81. The Morgan fingerprint density at radius 1 is 1.58 bits per heavy atom. The number of hydrogen-bond donors (Lipinski definition) is 2. The Labute approximate surface area is 114 Å². The lowest BCUT2D eigenvalue weighted by atomic mass is 10.2. The molecule has 7 nitrogen and oxygen atoms in total. The predicted molar refractivity (Wildman–Crippen MR) is 71.8 cm³/mol. The highest BCUT2D eigenvalue weighted by molar-refractivity contribution is 8.54. The minimum absolute atomic E-state index is 0.0734. The van der Waals surface area contributed by atoms with E-state index in [4.69, 9.17) is 5.11 Å². The summed E-state index contributed by atoms with van der Waals surface area (Å²) in [7, 11) is 0. The molecule has 2 atom stereocenters. The summed E-state index contributed by atoms with van der Waals surface area (Å²) < 4.78 is 16.2. The van der Waals surface area contributed by atoms with E-state index in [1.165, 1.54) is 25.1 Å². The zero-order chi connectivity index (χ0) is 14.5. The number of benzene rings is 1. The fourth-order valence-corrected chi connectivity index (χ4v) is 3.47. The minimum atomic E-state index is -3.86. The number of aliphatic hydroxyl groups excluding tert-OH is 1. The molecular weight excluding hydrogens is 293 g/mol. The molecule has 0 fully saturated rings. The molecule has 0 aliphatic heterocycles. The summed E-state index contributed by atoms with van der Waals surface area (Å²) in [4.78, 5) is 19.5. The number of nitro benzene ring substituents is 1. The van der Waals surface area contributed by atoms with Crippen molar-refractivity contribution in [2.24, 2.45) is 0 Å². The molecule has 0 saturated heterocycles. The molecular formula is C10H14NO6PS. The van der Waals surface area contributed by atoms with Crippen LogP contribution in [-0.4, -0.2) is 27.6 Å². The number of nitro groups is 1. The second-order valence-corrected chi connectivity index (χ2v) is 7.71. The summed E-state index contributed by atoms with van der Waals surface area (Å²) >= 11 is 0.649. The third-order valence-electron chi connectivity index (χ3n) is 1.99. The van der Waals surface area contributed by atoms with Crippen LogP contribution in [0, 0.1) is 10.1 Å². The number of aliphatic hydroxyl groups is 1. The van der Waals surface area contributed by atoms with E-state index in [1.807, 2.05) is 0 Å². The van der Waals surface area contributed by atoms with Gasteiger partial charge < -0.3 is 10.00 Å². The zero-order valence-electron chi connectivity index (χ0n) is 10.1. The SMILES string of the molecule is CC(O)COP(=O)(O)SCc1cccc([N+](=O)[O-])c1. The molecule has 0 aromatic heterocycles. The van der Waals surface area contributed by atoms with Crippen LogP contribution in [0.4, 0.5) is 5.69 Å². The molecule has 1 rings (SSSR count). The highest BCUT2D eigenvalue weighted by Gasteiger charge is 2.21. The molecule has 0 amide bonds. The first kappa shape index (κ1) is 16.1. The second-order valence-electron chi connectivity index (χ2n) is 3.81. The van der Waals surface area contributed by atoms with Crippen LogP contribution in [0.15, 0.2) is 24.3 Å². The number of nitrogens with zero attached hydrogens (tertiary/aromatic N) is 1. The average molecular weight is 307 g/mol. The van der Waals surface area contributed by atoms with Gasteiger partial charge in [0.15, 0.2) is 0 Å². The fourth-order valence-electron chi connectivity index (χ4n) is 1.16. The van der Waals surface area contributed by atoms with Crippen molar-refractivity contribution in [3.63, 3.8) is 0 Å². The third kappa shape index (κ3) is 6.17. The summed E-state index contributed by atoms with van der Waals surface area (Å²) in [5.74, 6) is 0.106. The molecule has 0 bridgehead atoms. The quantitative estimate of drug-likeness (QED) is 0.452. The van der Waals surface area contributed by atoms with E-state index in [1.54, 1.807) is 6.07 Å². The molecule has 0 spiro atoms. The van der Waals surface area contributed by atoms with Gasteiger partial charge in [-0.25, -0.2) is 4.57 Å². The molecule has 0 heterocycles. The van der Waals surface area contributed by atoms with Gasteiger partial charge >= 0.3 is 6.80 Å². The topological polar surface area (TPSA) is 110 Å². The molecule has 2 unspecified atom stereocenters. The second kappa shape index (κ2) is 7.02. The van der Waals surface area contributed by atoms with Crippen LogP contribution in [0.2, 0.25) is 0 Å². The molecule has 2 N–H and O–H groups in total. The van der Waals surface area contributed by atoms with Crippen molar-refractivity contribution in [2.45, 2.75) is 18.8 Å². The van der Waals surface area contributed by atoms with Crippen molar-refractivity contribution >= 4 is 23.9 Å². The first-order valence-electron chi connectivity index (χ1n) is 5.33. The van der Waals surface area contributed by atoms with Gasteiger partial charge in [-0.15, -0.1) is 0 Å². The maximum Gasteiger partial charge on any atom is 0.386 e. The van der Waals surface area contributed by atoms with Crippen molar-refractivity contribution in [2.75, 3.05) is 6.61 Å². The van der Waals surface area contributed by atoms with Gasteiger partial charge in [0.1, 0.15) is 0 Å². The Kier molecular flexibility index (Phi) is 5.96. The molecule has 0 aliphatic carbocycles. The lowest BCUT2D eigenvalue weighted by Gasteiger charge is -2.12. The largest absolute Gasteiger partial charge is 0.391 e. The van der Waals surface area contributed by atoms with Crippen LogP contribution >= 0.6 is 18.2 Å². The van der Waals surface area contributed by atoms with Crippen LogP contribution in [0.5, 0.6) is 0 Å². The van der Waals surface area contributed by atoms with Gasteiger partial charge in [-0.05, 0) is 23.9 Å². The van der Waals surface area contributed by atoms with Gasteiger partial charge in [-0.1, -0.05) is 12.1 Å². The average Bonchev–Trinajstić information content (AvgIpc) is 2.35. The summed E-state index contributed by atoms with van der Waals surface area (Å²) in [5.41, 5.74) is 0.477. The van der Waals surface area contributed by atoms with E-state index in [9.17, 15) is 19.6 Å². The summed E-state index contributed by atoms with van der Waals surface area (Å²) in [6.07, 6.45) is -0.834. The van der Waals surface area contributed by atoms with E-state index >= 15 is 0 Å². The Balaban J connectivity index is 2.58. The number of non-ortho nitro benzene ring substituents is 1. The Bertz CT molecular complexity index is 495. The molecule has 0 aliphatic rings. The Hall–Kier alpha value is -0.920. The third-order valence-corrected chi connectivity index (χ3v) is 4.94. The van der Waals surface area contributed by atoms with E-state index in [0.717, 1.165) is 0 Å². The Morgan fingerprint density at radius 2 is 2.26 bits per heavy atom. The normalized spacial score (nSPS) is 15.7. The maximum absolute atomic E-state index is 11.6. The van der Waals surface area contributed by atoms with E-state index < -0.39 is 17.8 Å². The van der Waals surface area contributed by atoms with Crippen molar-refractivity contribution in [1.82, 2.24) is 0 Å². The molecule has 0 radical (unpaired) electrons. The smallest absolute Gasteiger partial charge is 0.386 e. The molecule has 106 valence electrons. The first-order valence-corrected chi connectivity index (χ1v) is 8.50. The maximum atomic E-state index is 11.6. The fraction of sp³-hybridized carbons (Fsp3) is 0.400. The van der Waals surface area contributed by atoms with Crippen LogP contribution < -0.4 is 0 Å². The minimum Gasteiger partial charge on any atom is -0.391 e. The highest BCUT2D eigenvalue weighted by atomic mass is 32.7. The number of rotatable bonds is 7. The van der Waals surface area contributed by atoms with E-state index in [2.05, 4.69) is 4.52 Å².